The minimum Gasteiger partial charge on any atom is -0.547 e. The number of carbonyl (C=O) groups is 6. The van der Waals surface area contributed by atoms with Gasteiger partial charge in [0.25, 0.3) is 0 Å². The summed E-state index contributed by atoms with van der Waals surface area (Å²) in [6.45, 7) is 9.94. The second-order valence-electron chi connectivity index (χ2n) is 11.0. The first kappa shape index (κ1) is 32.2. The summed E-state index contributed by atoms with van der Waals surface area (Å²) in [6.07, 6.45) is -3.90. The lowest BCUT2D eigenvalue weighted by molar-refractivity contribution is -0.316. The number of hydrogen-bond donors (Lipinski definition) is 0. The van der Waals surface area contributed by atoms with E-state index in [9.17, 15) is 28.8 Å². The fourth-order valence-electron chi connectivity index (χ4n) is 5.01. The van der Waals surface area contributed by atoms with Crippen molar-refractivity contribution in [1.29, 1.82) is 0 Å². The number of esters is 4. The van der Waals surface area contributed by atoms with Gasteiger partial charge in [-0.3, -0.25) is 28.8 Å². The van der Waals surface area contributed by atoms with Crippen LogP contribution in [0.25, 0.3) is 0 Å². The third kappa shape index (κ3) is 8.56. The Bertz CT molecular complexity index is 1140. The topological polar surface area (TPSA) is 167 Å². The summed E-state index contributed by atoms with van der Waals surface area (Å²) in [4.78, 5) is 73.7. The van der Waals surface area contributed by atoms with Gasteiger partial charge in [0.05, 0.1) is 17.8 Å². The van der Waals surface area contributed by atoms with Gasteiger partial charge in [-0.15, -0.1) is 0 Å². The Kier molecular flexibility index (Phi) is 10.3. The summed E-state index contributed by atoms with van der Waals surface area (Å²) in [7, 11) is -2.14. The number of ether oxygens (including phenoxy) is 6. The lowest BCUT2D eigenvalue weighted by Gasteiger charge is -2.46. The third-order valence-electron chi connectivity index (χ3n) is 6.34. The first-order chi connectivity index (χ1) is 19.1. The van der Waals surface area contributed by atoms with Gasteiger partial charge in [-0.1, -0.05) is 0 Å². The molecule has 0 spiro atoms. The highest BCUT2D eigenvalue weighted by Gasteiger charge is 2.55. The molecule has 14 heteroatoms. The number of rotatable bonds is 9. The van der Waals surface area contributed by atoms with Gasteiger partial charge in [-0.25, -0.2) is 0 Å². The van der Waals surface area contributed by atoms with E-state index in [1.165, 1.54) is 12.2 Å². The minimum absolute atomic E-state index is 0.197. The average Bonchev–Trinajstić information content (AvgIpc) is 2.82. The van der Waals surface area contributed by atoms with Crippen LogP contribution in [0.15, 0.2) is 24.0 Å². The number of ketones is 2. The van der Waals surface area contributed by atoms with Crippen LogP contribution in [-0.2, 0) is 61.6 Å². The summed E-state index contributed by atoms with van der Waals surface area (Å²) >= 11 is 0. The van der Waals surface area contributed by atoms with E-state index in [1.807, 2.05) is 19.6 Å². The molecule has 13 nitrogen and oxygen atoms in total. The molecule has 0 unspecified atom stereocenters. The Morgan fingerprint density at radius 2 is 1.39 bits per heavy atom. The zero-order valence-electron chi connectivity index (χ0n) is 24.1. The maximum Gasteiger partial charge on any atom is 0.303 e. The van der Waals surface area contributed by atoms with Crippen LogP contribution in [0.2, 0.25) is 19.6 Å². The zero-order valence-corrected chi connectivity index (χ0v) is 25.1. The predicted molar refractivity (Wildman–Crippen MR) is 140 cm³/mol. The van der Waals surface area contributed by atoms with Crippen molar-refractivity contribution in [3.63, 3.8) is 0 Å². The molecule has 0 saturated carbocycles. The van der Waals surface area contributed by atoms with Crippen LogP contribution >= 0.6 is 0 Å². The molecule has 41 heavy (non-hydrogen) atoms. The van der Waals surface area contributed by atoms with Gasteiger partial charge in [0.1, 0.15) is 12.7 Å². The van der Waals surface area contributed by atoms with E-state index in [2.05, 4.69) is 0 Å². The molecule has 226 valence electrons. The smallest absolute Gasteiger partial charge is 0.303 e. The first-order valence-corrected chi connectivity index (χ1v) is 16.6. The van der Waals surface area contributed by atoms with Gasteiger partial charge in [0, 0.05) is 40.0 Å². The van der Waals surface area contributed by atoms with E-state index in [0.717, 1.165) is 27.7 Å². The molecule has 0 aromatic rings. The van der Waals surface area contributed by atoms with Crippen LogP contribution in [0, 0.1) is 11.8 Å². The van der Waals surface area contributed by atoms with Crippen LogP contribution in [0.3, 0.4) is 0 Å². The molecule has 0 aromatic heterocycles. The number of hydrogen-bond acceptors (Lipinski definition) is 13. The quantitative estimate of drug-likeness (QED) is 0.214. The Balaban J connectivity index is 2.07. The Morgan fingerprint density at radius 3 is 1.95 bits per heavy atom. The van der Waals surface area contributed by atoms with Crippen molar-refractivity contribution in [3.8, 4) is 0 Å². The average molecular weight is 597 g/mol. The van der Waals surface area contributed by atoms with Gasteiger partial charge < -0.3 is 32.8 Å². The molecule has 1 saturated heterocycles. The largest absolute Gasteiger partial charge is 0.547 e. The normalized spacial score (nSPS) is 31.3. The molecular formula is C27H36O13Si. The fourth-order valence-corrected chi connectivity index (χ4v) is 5.95. The lowest BCUT2D eigenvalue weighted by atomic mass is 9.72. The van der Waals surface area contributed by atoms with Crippen molar-refractivity contribution in [3.05, 3.63) is 24.0 Å². The van der Waals surface area contributed by atoms with Crippen molar-refractivity contribution >= 4 is 43.8 Å². The molecule has 0 amide bonds. The van der Waals surface area contributed by atoms with E-state index in [0.29, 0.717) is 5.76 Å². The molecule has 1 fully saturated rings. The second-order valence-corrected chi connectivity index (χ2v) is 15.4. The summed E-state index contributed by atoms with van der Waals surface area (Å²) in [5.74, 6) is -4.88. The monoisotopic (exact) mass is 596 g/mol. The van der Waals surface area contributed by atoms with Gasteiger partial charge in [-0.05, 0) is 37.9 Å². The second kappa shape index (κ2) is 13.1. The maximum absolute atomic E-state index is 13.0. The van der Waals surface area contributed by atoms with Crippen LogP contribution < -0.4 is 0 Å². The standard InChI is InChI=1S/C27H36O13Si/c1-13(28)34-12-22-24(35-14(2)29)25(36-15(3)30)26(37-16(4)31)27(39-22)38-21-11-17(40-41(5,6)7)10-18-19(32)8-9-20(33)23(18)21/h8-9,11,18,21-27H,10,12H2,1-7H3/t18-,21+,22-,23-,24-,25+,26-,27-/m0/s1. The van der Waals surface area contributed by atoms with Crippen LogP contribution in [-0.4, -0.2) is 87.2 Å². The molecule has 3 aliphatic rings. The van der Waals surface area contributed by atoms with Gasteiger partial charge in [-0.2, -0.15) is 0 Å². The molecule has 0 radical (unpaired) electrons. The minimum atomic E-state index is -2.14. The number of fused-ring (bicyclic) bond motifs is 1. The number of carbonyl (C=O) groups excluding carboxylic acids is 6. The summed E-state index contributed by atoms with van der Waals surface area (Å²) in [5, 5.41) is 0. The molecule has 1 aliphatic heterocycles. The highest BCUT2D eigenvalue weighted by atomic mass is 28.4. The van der Waals surface area contributed by atoms with E-state index in [4.69, 9.17) is 32.8 Å². The van der Waals surface area contributed by atoms with Crippen molar-refractivity contribution in [1.82, 2.24) is 0 Å². The summed E-state index contributed by atoms with van der Waals surface area (Å²) < 4.78 is 39.8. The summed E-state index contributed by atoms with van der Waals surface area (Å²) in [6, 6.07) is 0. The predicted octanol–water partition coefficient (Wildman–Crippen LogP) is 1.53. The van der Waals surface area contributed by atoms with Crippen LogP contribution in [0.5, 0.6) is 0 Å². The number of allylic oxidation sites excluding steroid dienone is 3. The van der Waals surface area contributed by atoms with Crippen molar-refractivity contribution in [2.24, 2.45) is 11.8 Å². The summed E-state index contributed by atoms with van der Waals surface area (Å²) in [5.41, 5.74) is 0. The molecule has 1 heterocycles. The van der Waals surface area contributed by atoms with Crippen molar-refractivity contribution < 1.29 is 61.6 Å². The van der Waals surface area contributed by atoms with Crippen molar-refractivity contribution in [2.45, 2.75) is 90.6 Å². The van der Waals surface area contributed by atoms with Gasteiger partial charge in [0.2, 0.25) is 8.32 Å². The van der Waals surface area contributed by atoms with E-state index in [1.54, 1.807) is 6.08 Å². The van der Waals surface area contributed by atoms with E-state index in [-0.39, 0.29) is 18.0 Å². The Morgan fingerprint density at radius 1 is 0.829 bits per heavy atom. The fraction of sp³-hybridized carbons (Fsp3) is 0.630. The molecule has 0 bridgehead atoms. The van der Waals surface area contributed by atoms with Crippen molar-refractivity contribution in [2.75, 3.05) is 6.61 Å². The highest BCUT2D eigenvalue weighted by Crippen LogP contribution is 2.39. The van der Waals surface area contributed by atoms with Gasteiger partial charge >= 0.3 is 23.9 Å². The third-order valence-corrected chi connectivity index (χ3v) is 7.22. The molecule has 0 aromatic carbocycles. The Labute approximate surface area is 238 Å². The van der Waals surface area contributed by atoms with Gasteiger partial charge in [0.15, 0.2) is 36.2 Å². The Hall–Kier alpha value is -3.36. The molecule has 3 rings (SSSR count). The molecule has 2 aliphatic carbocycles. The van der Waals surface area contributed by atoms with Crippen LogP contribution in [0.1, 0.15) is 34.1 Å². The zero-order chi connectivity index (χ0) is 30.6. The molecule has 8 atom stereocenters. The first-order valence-electron chi connectivity index (χ1n) is 13.2. The molecular weight excluding hydrogens is 560 g/mol. The lowest BCUT2D eigenvalue weighted by Crippen LogP contribution is -2.63. The van der Waals surface area contributed by atoms with E-state index < -0.39 is 87.4 Å². The SMILES string of the molecule is CC(=O)OC[C@@H]1O[C@H](O[C@@H]2C=C(O[Si](C)(C)C)C[C@H]3C(=O)C=CC(=O)[C@@H]23)[C@@H](OC(C)=O)[C@H](OC(C)=O)[C@H]1OC(C)=O. The molecule has 0 N–H and O–H groups in total. The van der Waals surface area contributed by atoms with E-state index >= 15 is 0 Å². The maximum atomic E-state index is 13.0. The van der Waals surface area contributed by atoms with Crippen LogP contribution in [0.4, 0.5) is 0 Å². The highest BCUT2D eigenvalue weighted by molar-refractivity contribution is 6.70.